The van der Waals surface area contributed by atoms with Gasteiger partial charge in [0.2, 0.25) is 0 Å². The normalized spacial score (nSPS) is 38.6. The predicted molar refractivity (Wildman–Crippen MR) is 134 cm³/mol. The molecule has 3 saturated carbocycles. The molecule has 0 aromatic rings. The zero-order valence-corrected chi connectivity index (χ0v) is 21.5. The van der Waals surface area contributed by atoms with Gasteiger partial charge >= 0.3 is 0 Å². The van der Waals surface area contributed by atoms with Crippen LogP contribution in [0.25, 0.3) is 0 Å². The minimum atomic E-state index is -0.287. The van der Waals surface area contributed by atoms with E-state index in [0.717, 1.165) is 37.7 Å². The number of carbonyl (C=O) groups excluding carboxylic acids is 2. The van der Waals surface area contributed by atoms with E-state index >= 15 is 0 Å². The maximum Gasteiger partial charge on any atom is 0.161 e. The lowest BCUT2D eigenvalue weighted by molar-refractivity contribution is -0.121. The molecule has 0 aromatic heterocycles. The van der Waals surface area contributed by atoms with Gasteiger partial charge < -0.3 is 4.74 Å². The largest absolute Gasteiger partial charge is 0.369 e. The molecule has 0 aromatic carbocycles. The van der Waals surface area contributed by atoms with E-state index in [0.29, 0.717) is 60.0 Å². The average Bonchev–Trinajstić information content (AvgIpc) is 2.79. The molecule has 0 amide bonds. The van der Waals surface area contributed by atoms with E-state index in [2.05, 4.69) is 47.8 Å². The lowest BCUT2D eigenvalue weighted by atomic mass is 9.51. The summed E-state index contributed by atoms with van der Waals surface area (Å²) in [5.41, 5.74) is 3.51. The number of hydrogen-bond acceptors (Lipinski definition) is 3. The Morgan fingerprint density at radius 2 is 1.67 bits per heavy atom. The third-order valence-corrected chi connectivity index (χ3v) is 9.79. The Bertz CT molecular complexity index is 873. The molecule has 0 heterocycles. The summed E-state index contributed by atoms with van der Waals surface area (Å²) in [7, 11) is 0. The van der Waals surface area contributed by atoms with Gasteiger partial charge in [0.05, 0.1) is 12.7 Å². The van der Waals surface area contributed by atoms with Gasteiger partial charge in [0.1, 0.15) is 0 Å². The van der Waals surface area contributed by atoms with Crippen LogP contribution in [0.4, 0.5) is 0 Å². The van der Waals surface area contributed by atoms with E-state index in [9.17, 15) is 9.59 Å². The summed E-state index contributed by atoms with van der Waals surface area (Å²) in [6, 6.07) is 0. The Morgan fingerprint density at radius 1 is 0.970 bits per heavy atom. The fraction of sp³-hybridized carbons (Fsp3) is 0.733. The van der Waals surface area contributed by atoms with E-state index < -0.39 is 0 Å². The average molecular weight is 453 g/mol. The van der Waals surface area contributed by atoms with Crippen molar-refractivity contribution >= 4 is 11.6 Å². The fourth-order valence-corrected chi connectivity index (χ4v) is 7.47. The fourth-order valence-electron chi connectivity index (χ4n) is 7.47. The highest BCUT2D eigenvalue weighted by atomic mass is 16.5. The summed E-state index contributed by atoms with van der Waals surface area (Å²) < 4.78 is 6.35. The molecule has 3 fully saturated rings. The number of fused-ring (bicyclic) bond motifs is 2. The number of ether oxygens (including phenoxy) is 1. The van der Waals surface area contributed by atoms with Crippen molar-refractivity contribution < 1.29 is 14.3 Å². The molecule has 0 aliphatic heterocycles. The van der Waals surface area contributed by atoms with Crippen LogP contribution >= 0.6 is 0 Å². The van der Waals surface area contributed by atoms with Crippen LogP contribution in [0.1, 0.15) is 86.0 Å². The van der Waals surface area contributed by atoms with Gasteiger partial charge in [-0.2, -0.15) is 0 Å². The van der Waals surface area contributed by atoms with Gasteiger partial charge in [0, 0.05) is 18.4 Å². The Morgan fingerprint density at radius 3 is 2.33 bits per heavy atom. The molecule has 0 spiro atoms. The van der Waals surface area contributed by atoms with Gasteiger partial charge in [-0.1, -0.05) is 53.3 Å². The molecule has 182 valence electrons. The number of carbonyl (C=O) groups is 2. The lowest BCUT2D eigenvalue weighted by Crippen LogP contribution is -2.46. The second-order valence-corrected chi connectivity index (χ2v) is 13.0. The molecule has 6 unspecified atom stereocenters. The number of allylic oxidation sites excluding steroid dienone is 2. The molecule has 4 rings (SSSR count). The second kappa shape index (κ2) is 8.95. The van der Waals surface area contributed by atoms with Gasteiger partial charge in [-0.25, -0.2) is 0 Å². The standard InChI is InChI=1S/C30H44O3/c1-18-8-11-28(20(3)27(32)14-26-23(18)15-30(26,6)7)33-17-21-9-10-25-24(16-29(25,4)5)19(2)12-22(31)13-21/h13,19,23-26,28H,1,3,8-12,14-17H2,2,4-7H3. The zero-order chi connectivity index (χ0) is 24.1. The molecule has 4 aliphatic rings. The lowest BCUT2D eigenvalue weighted by Gasteiger charge is -2.54. The number of ketones is 2. The van der Waals surface area contributed by atoms with E-state index in [1.54, 1.807) is 0 Å². The van der Waals surface area contributed by atoms with Gasteiger partial charge in [0.25, 0.3) is 0 Å². The highest BCUT2D eigenvalue weighted by Crippen LogP contribution is 2.57. The molecule has 0 bridgehead atoms. The summed E-state index contributed by atoms with van der Waals surface area (Å²) in [6.07, 6.45) is 8.73. The highest BCUT2D eigenvalue weighted by Gasteiger charge is 2.50. The zero-order valence-electron chi connectivity index (χ0n) is 21.5. The van der Waals surface area contributed by atoms with Crippen LogP contribution in [0.15, 0.2) is 36.0 Å². The molecule has 0 radical (unpaired) electrons. The van der Waals surface area contributed by atoms with Crippen molar-refractivity contribution in [3.05, 3.63) is 36.0 Å². The van der Waals surface area contributed by atoms with E-state index in [4.69, 9.17) is 4.74 Å². The van der Waals surface area contributed by atoms with Crippen LogP contribution in [0.5, 0.6) is 0 Å². The van der Waals surface area contributed by atoms with Crippen molar-refractivity contribution in [2.75, 3.05) is 6.61 Å². The van der Waals surface area contributed by atoms with Gasteiger partial charge in [-0.05, 0) is 90.6 Å². The SMILES string of the molecule is C=C1C(=O)CC2C(CC2(C)C)C(=C)CCC1OCC1=CC(=O)CC(C)C2CC(C)(C)C2CC1. The molecular weight excluding hydrogens is 408 g/mol. The van der Waals surface area contributed by atoms with Crippen molar-refractivity contribution in [3.8, 4) is 0 Å². The van der Waals surface area contributed by atoms with Crippen LogP contribution in [0, 0.1) is 40.4 Å². The first-order valence-electron chi connectivity index (χ1n) is 13.1. The quantitative estimate of drug-likeness (QED) is 0.346. The third-order valence-electron chi connectivity index (χ3n) is 9.79. The molecule has 0 N–H and O–H groups in total. The minimum Gasteiger partial charge on any atom is -0.369 e. The van der Waals surface area contributed by atoms with Gasteiger partial charge in [0.15, 0.2) is 11.6 Å². The van der Waals surface area contributed by atoms with E-state index in [-0.39, 0.29) is 23.1 Å². The van der Waals surface area contributed by atoms with Crippen LogP contribution in [0.2, 0.25) is 0 Å². The van der Waals surface area contributed by atoms with Crippen molar-refractivity contribution in [2.45, 2.75) is 92.1 Å². The van der Waals surface area contributed by atoms with Crippen molar-refractivity contribution in [3.63, 3.8) is 0 Å². The third kappa shape index (κ3) is 4.85. The first-order chi connectivity index (χ1) is 15.4. The molecule has 3 heteroatoms. The summed E-state index contributed by atoms with van der Waals surface area (Å²) >= 11 is 0. The molecule has 33 heavy (non-hydrogen) atoms. The van der Waals surface area contributed by atoms with Crippen LogP contribution in [-0.2, 0) is 14.3 Å². The van der Waals surface area contributed by atoms with Gasteiger partial charge in [-0.3, -0.25) is 9.59 Å². The van der Waals surface area contributed by atoms with Crippen LogP contribution in [0.3, 0.4) is 0 Å². The van der Waals surface area contributed by atoms with Crippen LogP contribution < -0.4 is 0 Å². The smallest absolute Gasteiger partial charge is 0.161 e. The minimum absolute atomic E-state index is 0.143. The molecular formula is C30H44O3. The maximum atomic E-state index is 13.1. The van der Waals surface area contributed by atoms with Crippen molar-refractivity contribution in [1.29, 1.82) is 0 Å². The monoisotopic (exact) mass is 452 g/mol. The first kappa shape index (κ1) is 24.6. The summed E-state index contributed by atoms with van der Waals surface area (Å²) in [5, 5.41) is 0. The van der Waals surface area contributed by atoms with Gasteiger partial charge in [-0.15, -0.1) is 0 Å². The van der Waals surface area contributed by atoms with Crippen LogP contribution in [-0.4, -0.2) is 24.3 Å². The molecule has 6 atom stereocenters. The molecule has 4 aliphatic carbocycles. The van der Waals surface area contributed by atoms with E-state index in [1.165, 1.54) is 12.0 Å². The molecule has 0 saturated heterocycles. The Balaban J connectivity index is 1.43. The predicted octanol–water partition coefficient (Wildman–Crippen LogP) is 6.88. The van der Waals surface area contributed by atoms with Crippen molar-refractivity contribution in [2.24, 2.45) is 40.4 Å². The summed E-state index contributed by atoms with van der Waals surface area (Å²) in [6.45, 7) is 20.5. The Hall–Kier alpha value is -1.48. The second-order valence-electron chi connectivity index (χ2n) is 13.0. The number of hydrogen-bond donors (Lipinski definition) is 0. The molecule has 3 nitrogen and oxygen atoms in total. The van der Waals surface area contributed by atoms with E-state index in [1.807, 2.05) is 6.08 Å². The first-order valence-corrected chi connectivity index (χ1v) is 13.1. The van der Waals surface area contributed by atoms with Crippen molar-refractivity contribution in [1.82, 2.24) is 0 Å². The maximum absolute atomic E-state index is 13.1. The topological polar surface area (TPSA) is 43.4 Å². The summed E-state index contributed by atoms with van der Waals surface area (Å²) in [4.78, 5) is 25.8. The highest BCUT2D eigenvalue weighted by molar-refractivity contribution is 5.96. The Labute approximate surface area is 201 Å². The number of Topliss-reactive ketones (excluding diaryl/α,β-unsaturated/α-hetero) is 1. The Kier molecular flexibility index (Phi) is 6.68. The summed E-state index contributed by atoms with van der Waals surface area (Å²) in [5.74, 6) is 2.96. The number of rotatable bonds is 3.